The predicted octanol–water partition coefficient (Wildman–Crippen LogP) is 4.43. The Balaban J connectivity index is 1.71. The zero-order valence-corrected chi connectivity index (χ0v) is 16.9. The Labute approximate surface area is 160 Å². The molecule has 0 unspecified atom stereocenters. The minimum Gasteiger partial charge on any atom is -0.454 e. The molecule has 0 bridgehead atoms. The van der Waals surface area contributed by atoms with E-state index < -0.39 is 5.97 Å². The number of aryl methyl sites for hydroxylation is 3. The van der Waals surface area contributed by atoms with Crippen molar-refractivity contribution in [1.29, 1.82) is 0 Å². The van der Waals surface area contributed by atoms with Crippen LogP contribution >= 0.6 is 22.7 Å². The molecular formula is C19H21NO4S2. The number of amides is 1. The van der Waals surface area contributed by atoms with Crippen LogP contribution in [0.3, 0.4) is 0 Å². The van der Waals surface area contributed by atoms with Gasteiger partial charge in [0.2, 0.25) is 11.7 Å². The third-order valence-electron chi connectivity index (χ3n) is 4.45. The second-order valence-corrected chi connectivity index (χ2v) is 9.26. The molecule has 1 aliphatic rings. The first-order valence-electron chi connectivity index (χ1n) is 8.46. The molecule has 5 nitrogen and oxygen atoms in total. The zero-order chi connectivity index (χ0) is 19.0. The van der Waals surface area contributed by atoms with Gasteiger partial charge >= 0.3 is 5.97 Å². The van der Waals surface area contributed by atoms with Crippen LogP contribution in [0.25, 0.3) is 0 Å². The number of rotatable bonds is 6. The third-order valence-corrected chi connectivity index (χ3v) is 6.54. The van der Waals surface area contributed by atoms with Crippen LogP contribution in [-0.4, -0.2) is 24.3 Å². The van der Waals surface area contributed by atoms with E-state index in [-0.39, 0.29) is 24.2 Å². The smallest absolute Gasteiger partial charge is 0.341 e. The molecule has 0 aromatic carbocycles. The van der Waals surface area contributed by atoms with Crippen LogP contribution in [0.2, 0.25) is 0 Å². The van der Waals surface area contributed by atoms with Crippen LogP contribution in [0.4, 0.5) is 5.00 Å². The number of hydrogen-bond donors (Lipinski definition) is 1. The van der Waals surface area contributed by atoms with Crippen LogP contribution < -0.4 is 5.32 Å². The van der Waals surface area contributed by atoms with E-state index in [2.05, 4.69) is 5.32 Å². The monoisotopic (exact) mass is 391 g/mol. The van der Waals surface area contributed by atoms with Gasteiger partial charge in [-0.3, -0.25) is 9.59 Å². The number of ether oxygens (including phenoxy) is 1. The molecule has 138 valence electrons. The molecule has 0 aliphatic heterocycles. The van der Waals surface area contributed by atoms with Crippen LogP contribution in [0, 0.1) is 33.6 Å². The molecule has 0 spiro atoms. The van der Waals surface area contributed by atoms with Gasteiger partial charge in [-0.15, -0.1) is 22.7 Å². The van der Waals surface area contributed by atoms with E-state index in [0.29, 0.717) is 16.1 Å². The van der Waals surface area contributed by atoms with Gasteiger partial charge in [-0.25, -0.2) is 4.79 Å². The van der Waals surface area contributed by atoms with E-state index in [4.69, 9.17) is 4.74 Å². The van der Waals surface area contributed by atoms with Gasteiger partial charge in [0.05, 0.1) is 5.56 Å². The van der Waals surface area contributed by atoms with Crippen molar-refractivity contribution in [3.63, 3.8) is 0 Å². The standard InChI is InChI=1S/C19H21NO4S2/c1-9-7-14(12(4)25-9)15(21)8-24-19(23)16-10(2)11(3)26-18(16)20-17(22)13-5-6-13/h7,13H,5-6,8H2,1-4H3,(H,20,22). The highest BCUT2D eigenvalue weighted by molar-refractivity contribution is 7.16. The number of nitrogens with one attached hydrogen (secondary N) is 1. The fraction of sp³-hybridized carbons (Fsp3) is 0.421. The predicted molar refractivity (Wildman–Crippen MR) is 104 cm³/mol. The molecule has 1 N–H and O–H groups in total. The maximum Gasteiger partial charge on any atom is 0.341 e. The van der Waals surface area contributed by atoms with Crippen molar-refractivity contribution in [1.82, 2.24) is 0 Å². The fourth-order valence-corrected chi connectivity index (χ4v) is 4.70. The lowest BCUT2D eigenvalue weighted by atomic mass is 10.1. The number of anilines is 1. The summed E-state index contributed by atoms with van der Waals surface area (Å²) in [5.41, 5.74) is 1.73. The van der Waals surface area contributed by atoms with E-state index in [1.807, 2.05) is 33.8 Å². The van der Waals surface area contributed by atoms with Gasteiger partial charge < -0.3 is 10.1 Å². The number of hydrogen-bond acceptors (Lipinski definition) is 6. The van der Waals surface area contributed by atoms with Crippen LogP contribution in [0.15, 0.2) is 6.07 Å². The summed E-state index contributed by atoms with van der Waals surface area (Å²) in [5.74, 6) is -0.794. The van der Waals surface area contributed by atoms with Gasteiger partial charge in [0, 0.05) is 26.1 Å². The molecule has 0 radical (unpaired) electrons. The lowest BCUT2D eigenvalue weighted by Crippen LogP contribution is -2.18. The average Bonchev–Trinajstić information content (AvgIpc) is 3.32. The number of carbonyl (C=O) groups is 3. The lowest BCUT2D eigenvalue weighted by Gasteiger charge is -2.08. The maximum atomic E-state index is 12.6. The van der Waals surface area contributed by atoms with Crippen molar-refractivity contribution in [3.05, 3.63) is 37.4 Å². The summed E-state index contributed by atoms with van der Waals surface area (Å²) in [6.07, 6.45) is 1.78. The molecule has 2 aromatic heterocycles. The van der Waals surface area contributed by atoms with Crippen LogP contribution in [-0.2, 0) is 9.53 Å². The van der Waals surface area contributed by atoms with E-state index >= 15 is 0 Å². The molecule has 3 rings (SSSR count). The highest BCUT2D eigenvalue weighted by Crippen LogP contribution is 2.36. The first kappa shape index (κ1) is 18.8. The summed E-state index contributed by atoms with van der Waals surface area (Å²) in [6, 6.07) is 1.82. The normalized spacial score (nSPS) is 13.5. The largest absolute Gasteiger partial charge is 0.454 e. The van der Waals surface area contributed by atoms with Gasteiger partial charge in [-0.1, -0.05) is 0 Å². The summed E-state index contributed by atoms with van der Waals surface area (Å²) in [7, 11) is 0. The molecular weight excluding hydrogens is 370 g/mol. The van der Waals surface area contributed by atoms with Gasteiger partial charge in [0.25, 0.3) is 0 Å². The van der Waals surface area contributed by atoms with Gasteiger partial charge in [0.1, 0.15) is 5.00 Å². The second kappa shape index (κ2) is 7.32. The summed E-state index contributed by atoms with van der Waals surface area (Å²) in [6.45, 7) is 7.23. The van der Waals surface area contributed by atoms with Crippen LogP contribution in [0.1, 0.15) is 53.8 Å². The quantitative estimate of drug-likeness (QED) is 0.584. The summed E-state index contributed by atoms with van der Waals surface area (Å²) in [4.78, 5) is 39.9. The Morgan fingerprint density at radius 3 is 2.38 bits per heavy atom. The van der Waals surface area contributed by atoms with Crippen molar-refractivity contribution in [2.24, 2.45) is 5.92 Å². The van der Waals surface area contributed by atoms with Crippen molar-refractivity contribution in [2.45, 2.75) is 40.5 Å². The molecule has 7 heteroatoms. The van der Waals surface area contributed by atoms with Gasteiger partial charge in [0.15, 0.2) is 6.61 Å². The third kappa shape index (κ3) is 3.88. The Kier molecular flexibility index (Phi) is 5.29. The Morgan fingerprint density at radius 2 is 1.81 bits per heavy atom. The lowest BCUT2D eigenvalue weighted by molar-refractivity contribution is -0.117. The first-order chi connectivity index (χ1) is 12.3. The van der Waals surface area contributed by atoms with Gasteiger partial charge in [-0.05, 0) is 52.2 Å². The summed E-state index contributed by atoms with van der Waals surface area (Å²) < 4.78 is 5.27. The topological polar surface area (TPSA) is 72.5 Å². The summed E-state index contributed by atoms with van der Waals surface area (Å²) >= 11 is 2.91. The molecule has 0 atom stereocenters. The van der Waals surface area contributed by atoms with Crippen molar-refractivity contribution >= 4 is 45.3 Å². The number of thiophene rings is 2. The van der Waals surface area contributed by atoms with E-state index in [1.54, 1.807) is 11.3 Å². The van der Waals surface area contributed by atoms with Crippen LogP contribution in [0.5, 0.6) is 0 Å². The fourth-order valence-electron chi connectivity index (χ4n) is 2.71. The van der Waals surface area contributed by atoms with Gasteiger partial charge in [-0.2, -0.15) is 0 Å². The number of esters is 1. The Morgan fingerprint density at radius 1 is 1.12 bits per heavy atom. The van der Waals surface area contributed by atoms with Crippen molar-refractivity contribution in [2.75, 3.05) is 11.9 Å². The second-order valence-electron chi connectivity index (χ2n) is 6.58. The molecule has 1 aliphatic carbocycles. The minimum atomic E-state index is -0.573. The highest BCUT2D eigenvalue weighted by atomic mass is 32.1. The van der Waals surface area contributed by atoms with E-state index in [0.717, 1.165) is 33.0 Å². The summed E-state index contributed by atoms with van der Waals surface area (Å²) in [5, 5.41) is 3.35. The molecule has 26 heavy (non-hydrogen) atoms. The SMILES string of the molecule is Cc1cc(C(=O)COC(=O)c2c(NC(=O)C3CC3)sc(C)c2C)c(C)s1. The molecule has 2 aromatic rings. The molecule has 1 fully saturated rings. The van der Waals surface area contributed by atoms with Crippen molar-refractivity contribution in [3.8, 4) is 0 Å². The van der Waals surface area contributed by atoms with E-state index in [9.17, 15) is 14.4 Å². The van der Waals surface area contributed by atoms with Crippen molar-refractivity contribution < 1.29 is 19.1 Å². The van der Waals surface area contributed by atoms with E-state index in [1.165, 1.54) is 11.3 Å². The number of carbonyl (C=O) groups excluding carboxylic acids is 3. The maximum absolute atomic E-state index is 12.6. The number of ketones is 1. The number of Topliss-reactive ketones (excluding diaryl/α,β-unsaturated/α-hetero) is 1. The molecule has 1 saturated carbocycles. The first-order valence-corrected chi connectivity index (χ1v) is 10.1. The highest BCUT2D eigenvalue weighted by Gasteiger charge is 2.32. The zero-order valence-electron chi connectivity index (χ0n) is 15.2. The minimum absolute atomic E-state index is 0.0490. The Bertz CT molecular complexity index is 890. The Hall–Kier alpha value is -1.99. The molecule has 0 saturated heterocycles. The average molecular weight is 392 g/mol. The molecule has 1 amide bonds. The molecule has 2 heterocycles.